The highest BCUT2D eigenvalue weighted by molar-refractivity contribution is 5.85. The molecule has 2 aliphatic heterocycles. The highest BCUT2D eigenvalue weighted by atomic mass is 35.5. The molecule has 2 atom stereocenters. The number of ether oxygens (including phenoxy) is 3. The van der Waals surface area contributed by atoms with Crippen LogP contribution in [0, 0.1) is 0 Å². The number of halogens is 5. The summed E-state index contributed by atoms with van der Waals surface area (Å²) in [5.74, 6) is -0.600. The van der Waals surface area contributed by atoms with Gasteiger partial charge in [0.1, 0.15) is 6.61 Å². The van der Waals surface area contributed by atoms with Crippen molar-refractivity contribution in [1.82, 2.24) is 24.7 Å². The Kier molecular flexibility index (Phi) is 13.3. The van der Waals surface area contributed by atoms with Crippen molar-refractivity contribution in [1.29, 1.82) is 0 Å². The number of alkyl halides is 3. The van der Waals surface area contributed by atoms with Gasteiger partial charge in [0, 0.05) is 57.3 Å². The minimum Gasteiger partial charge on any atom is -0.481 e. The summed E-state index contributed by atoms with van der Waals surface area (Å²) in [6, 6.07) is 20.0. The topological polar surface area (TPSA) is 100 Å². The van der Waals surface area contributed by atoms with Crippen LogP contribution in [0.3, 0.4) is 0 Å². The number of hydrogen-bond acceptors (Lipinski definition) is 9. The number of aliphatic hydroxyl groups excluding tert-OH is 1. The van der Waals surface area contributed by atoms with Gasteiger partial charge in [0.05, 0.1) is 19.8 Å². The Bertz CT molecular complexity index is 1370. The minimum atomic E-state index is -4.58. The molecule has 3 heterocycles. The van der Waals surface area contributed by atoms with Gasteiger partial charge in [-0.25, -0.2) is 0 Å². The van der Waals surface area contributed by atoms with E-state index in [9.17, 15) is 23.1 Å². The van der Waals surface area contributed by atoms with Crippen LogP contribution in [0.25, 0.3) is 0 Å². The molecule has 0 aliphatic carbocycles. The van der Waals surface area contributed by atoms with Gasteiger partial charge in [0.25, 0.3) is 0 Å². The molecule has 0 saturated carbocycles. The first-order valence-electron chi connectivity index (χ1n) is 14.4. The summed E-state index contributed by atoms with van der Waals surface area (Å²) in [5, 5.41) is 9.56. The number of benzene rings is 2. The van der Waals surface area contributed by atoms with E-state index in [-0.39, 0.29) is 78.6 Å². The molecule has 0 radical (unpaired) electrons. The summed E-state index contributed by atoms with van der Waals surface area (Å²) in [4.78, 5) is 27.0. The maximum absolute atomic E-state index is 13.2. The van der Waals surface area contributed by atoms with Crippen molar-refractivity contribution in [2.75, 3.05) is 60.2 Å². The molecule has 0 unspecified atom stereocenters. The summed E-state index contributed by atoms with van der Waals surface area (Å²) >= 11 is 0. The van der Waals surface area contributed by atoms with E-state index in [1.807, 2.05) is 36.4 Å². The monoisotopic (exact) mass is 687 g/mol. The standard InChI is InChI=1S/C31H36F3N5O5.2ClH/c1-42-28-24(29(36-30(35-28)43-2)44-20-31(32,33)34)17-37-15-23-16-38(26(41)19-40)13-14-39(23)25(18-37)27(21-9-5-3-6-10-21)22-11-7-4-8-12-22;;/h3-12,23,25,27,40H,13-20H2,1-2H3;2*1H/t23-,25+;;/m1../s1. The molecule has 2 saturated heterocycles. The molecule has 2 aromatic carbocycles. The smallest absolute Gasteiger partial charge is 0.422 e. The second-order valence-corrected chi connectivity index (χ2v) is 10.9. The first-order chi connectivity index (χ1) is 21.2. The van der Waals surface area contributed by atoms with Crippen LogP contribution in [-0.2, 0) is 11.3 Å². The van der Waals surface area contributed by atoms with Crippen molar-refractivity contribution in [3.8, 4) is 17.8 Å². The third-order valence-electron chi connectivity index (χ3n) is 8.10. The van der Waals surface area contributed by atoms with Crippen molar-refractivity contribution in [3.63, 3.8) is 0 Å². The summed E-state index contributed by atoms with van der Waals surface area (Å²) < 4.78 is 55.3. The van der Waals surface area contributed by atoms with Crippen LogP contribution in [0.2, 0.25) is 0 Å². The number of methoxy groups -OCH3 is 2. The second kappa shape index (κ2) is 16.5. The van der Waals surface area contributed by atoms with Crippen LogP contribution in [0.4, 0.5) is 13.2 Å². The molecule has 252 valence electrons. The Morgan fingerprint density at radius 1 is 0.913 bits per heavy atom. The van der Waals surface area contributed by atoms with Gasteiger partial charge in [-0.15, -0.1) is 24.8 Å². The maximum atomic E-state index is 13.2. The molecule has 0 bridgehead atoms. The summed E-state index contributed by atoms with van der Waals surface area (Å²) in [6.07, 6.45) is -4.58. The van der Waals surface area contributed by atoms with Gasteiger partial charge in [-0.05, 0) is 11.1 Å². The third kappa shape index (κ3) is 8.71. The summed E-state index contributed by atoms with van der Waals surface area (Å²) in [5.41, 5.74) is 2.51. The first-order valence-corrected chi connectivity index (χ1v) is 14.4. The van der Waals surface area contributed by atoms with Crippen LogP contribution < -0.4 is 14.2 Å². The van der Waals surface area contributed by atoms with Crippen molar-refractivity contribution in [3.05, 3.63) is 77.4 Å². The number of piperazine rings is 2. The Balaban J connectivity index is 0.00000288. The number of fused-ring (bicyclic) bond motifs is 1. The van der Waals surface area contributed by atoms with Crippen molar-refractivity contribution in [2.24, 2.45) is 0 Å². The largest absolute Gasteiger partial charge is 0.481 e. The Morgan fingerprint density at radius 3 is 2.07 bits per heavy atom. The lowest BCUT2D eigenvalue weighted by Gasteiger charge is -2.53. The molecule has 46 heavy (non-hydrogen) atoms. The molecule has 1 amide bonds. The van der Waals surface area contributed by atoms with E-state index < -0.39 is 19.4 Å². The fourth-order valence-corrected chi connectivity index (χ4v) is 6.23. The first kappa shape index (κ1) is 37.1. The number of rotatable bonds is 10. The molecule has 2 aliphatic rings. The zero-order valence-electron chi connectivity index (χ0n) is 25.4. The summed E-state index contributed by atoms with van der Waals surface area (Å²) in [7, 11) is 2.68. The van der Waals surface area contributed by atoms with Crippen LogP contribution in [0.1, 0.15) is 22.6 Å². The fourth-order valence-electron chi connectivity index (χ4n) is 6.23. The molecule has 10 nitrogen and oxygen atoms in total. The molecular formula is C31H38Cl2F3N5O5. The summed E-state index contributed by atoms with van der Waals surface area (Å²) in [6.45, 7) is 0.560. The predicted molar refractivity (Wildman–Crippen MR) is 169 cm³/mol. The molecule has 1 N–H and O–H groups in total. The fraction of sp³-hybridized carbons (Fsp3) is 0.452. The quantitative estimate of drug-likeness (QED) is 0.341. The highest BCUT2D eigenvalue weighted by Gasteiger charge is 2.43. The predicted octanol–water partition coefficient (Wildman–Crippen LogP) is 3.80. The molecule has 15 heteroatoms. The number of amides is 1. The van der Waals surface area contributed by atoms with Gasteiger partial charge in [0.2, 0.25) is 17.7 Å². The number of nitrogens with zero attached hydrogens (tertiary/aromatic N) is 5. The maximum Gasteiger partial charge on any atom is 0.422 e. The third-order valence-corrected chi connectivity index (χ3v) is 8.10. The normalized spacial score (nSPS) is 18.6. The molecule has 0 spiro atoms. The highest BCUT2D eigenvalue weighted by Crippen LogP contribution is 2.37. The number of hydrogen-bond donors (Lipinski definition) is 1. The molecule has 1 aromatic heterocycles. The van der Waals surface area contributed by atoms with E-state index in [2.05, 4.69) is 44.0 Å². The molecule has 2 fully saturated rings. The Hall–Kier alpha value is -3.36. The number of carbonyl (C=O) groups is 1. The van der Waals surface area contributed by atoms with Crippen molar-refractivity contribution >= 4 is 30.7 Å². The number of carbonyl (C=O) groups excluding carboxylic acids is 1. The Morgan fingerprint density at radius 2 is 1.52 bits per heavy atom. The van der Waals surface area contributed by atoms with Gasteiger partial charge in [-0.3, -0.25) is 14.6 Å². The van der Waals surface area contributed by atoms with E-state index in [4.69, 9.17) is 14.2 Å². The zero-order valence-corrected chi connectivity index (χ0v) is 27.1. The Labute approximate surface area is 278 Å². The zero-order chi connectivity index (χ0) is 31.3. The van der Waals surface area contributed by atoms with E-state index in [0.717, 1.165) is 11.1 Å². The van der Waals surface area contributed by atoms with Crippen LogP contribution in [0.15, 0.2) is 60.7 Å². The van der Waals surface area contributed by atoms with E-state index in [0.29, 0.717) is 32.7 Å². The van der Waals surface area contributed by atoms with Crippen LogP contribution >= 0.6 is 24.8 Å². The van der Waals surface area contributed by atoms with E-state index >= 15 is 0 Å². The SMILES string of the molecule is COc1nc(OC)c(CN2C[C@@H]3CN(C(=O)CO)CCN3[C@H](C(c3ccccc3)c3ccccc3)C2)c(OCC(F)(F)F)n1.Cl.Cl. The van der Waals surface area contributed by atoms with Crippen molar-refractivity contribution in [2.45, 2.75) is 30.7 Å². The molecule has 5 rings (SSSR count). The van der Waals surface area contributed by atoms with E-state index in [1.165, 1.54) is 14.2 Å². The minimum absolute atomic E-state index is 0. The molecular weight excluding hydrogens is 650 g/mol. The van der Waals surface area contributed by atoms with Gasteiger partial charge in [0.15, 0.2) is 6.61 Å². The lowest BCUT2D eigenvalue weighted by atomic mass is 9.81. The average Bonchev–Trinajstić information content (AvgIpc) is 3.04. The van der Waals surface area contributed by atoms with Gasteiger partial charge in [-0.2, -0.15) is 23.1 Å². The number of aromatic nitrogens is 2. The lowest BCUT2D eigenvalue weighted by molar-refractivity contribution is -0.154. The second-order valence-electron chi connectivity index (χ2n) is 10.9. The van der Waals surface area contributed by atoms with Gasteiger partial charge < -0.3 is 24.2 Å². The van der Waals surface area contributed by atoms with E-state index in [1.54, 1.807) is 4.90 Å². The number of aliphatic hydroxyl groups is 1. The van der Waals surface area contributed by atoms with Gasteiger partial charge in [-0.1, -0.05) is 60.7 Å². The average molecular weight is 689 g/mol. The van der Waals surface area contributed by atoms with Crippen molar-refractivity contribution < 1.29 is 37.3 Å². The molecule has 3 aromatic rings. The van der Waals surface area contributed by atoms with Crippen LogP contribution in [-0.4, -0.2) is 114 Å². The van der Waals surface area contributed by atoms with Crippen LogP contribution in [0.5, 0.6) is 17.8 Å². The van der Waals surface area contributed by atoms with Gasteiger partial charge >= 0.3 is 12.2 Å². The lowest BCUT2D eigenvalue weighted by Crippen LogP contribution is -2.67.